The van der Waals surface area contributed by atoms with E-state index in [9.17, 15) is 14.4 Å². The van der Waals surface area contributed by atoms with E-state index in [1.807, 2.05) is 26.0 Å². The molecule has 0 fully saturated rings. The third-order valence-electron chi connectivity index (χ3n) is 4.25. The van der Waals surface area contributed by atoms with Gasteiger partial charge < -0.3 is 19.3 Å². The second kappa shape index (κ2) is 10.2. The summed E-state index contributed by atoms with van der Waals surface area (Å²) in [7, 11) is 0. The van der Waals surface area contributed by atoms with Gasteiger partial charge in [0.1, 0.15) is 5.75 Å². The van der Waals surface area contributed by atoms with Gasteiger partial charge in [-0.15, -0.1) is 0 Å². The Morgan fingerprint density at radius 1 is 1.03 bits per heavy atom. The first-order valence-corrected chi connectivity index (χ1v) is 9.67. The first-order valence-electron chi connectivity index (χ1n) is 9.67. The van der Waals surface area contributed by atoms with Crippen molar-refractivity contribution in [2.45, 2.75) is 27.4 Å². The summed E-state index contributed by atoms with van der Waals surface area (Å²) in [6, 6.07) is 10.9. The number of benzene rings is 2. The van der Waals surface area contributed by atoms with Crippen molar-refractivity contribution in [1.29, 1.82) is 0 Å². The van der Waals surface area contributed by atoms with Crippen LogP contribution < -0.4 is 15.4 Å². The largest absolute Gasteiger partial charge is 0.485 e. The topological polar surface area (TPSA) is 133 Å². The van der Waals surface area contributed by atoms with Gasteiger partial charge in [0.25, 0.3) is 5.91 Å². The molecule has 10 nitrogen and oxygen atoms in total. The third-order valence-corrected chi connectivity index (χ3v) is 4.25. The Hall–Kier alpha value is -4.21. The zero-order valence-corrected chi connectivity index (χ0v) is 17.8. The Bertz CT molecular complexity index is 1120. The highest BCUT2D eigenvalue weighted by molar-refractivity contribution is 6.02. The molecule has 3 rings (SSSR count). The molecule has 0 spiro atoms. The highest BCUT2D eigenvalue weighted by Gasteiger charge is 2.14. The van der Waals surface area contributed by atoms with Gasteiger partial charge in [0, 0.05) is 12.6 Å². The van der Waals surface area contributed by atoms with E-state index >= 15 is 0 Å². The third kappa shape index (κ3) is 6.39. The second-order valence-corrected chi connectivity index (χ2v) is 6.94. The summed E-state index contributed by atoms with van der Waals surface area (Å²) in [5.74, 6) is -0.136. The van der Waals surface area contributed by atoms with Gasteiger partial charge in [-0.05, 0) is 49.7 Å². The molecule has 0 saturated heterocycles. The van der Waals surface area contributed by atoms with Crippen LogP contribution in [0.5, 0.6) is 5.75 Å². The van der Waals surface area contributed by atoms with E-state index in [1.54, 1.807) is 25.1 Å². The summed E-state index contributed by atoms with van der Waals surface area (Å²) in [4.78, 5) is 40.0. The molecule has 0 radical (unpaired) electrons. The molecular formula is C22H22N4O6. The second-order valence-electron chi connectivity index (χ2n) is 6.94. The summed E-state index contributed by atoms with van der Waals surface area (Å²) in [5, 5.41) is 8.41. The fraction of sp³-hybridized carbons (Fsp3) is 0.227. The predicted molar refractivity (Wildman–Crippen MR) is 113 cm³/mol. The fourth-order valence-corrected chi connectivity index (χ4v) is 2.72. The van der Waals surface area contributed by atoms with E-state index in [4.69, 9.17) is 14.0 Å². The van der Waals surface area contributed by atoms with Gasteiger partial charge in [0.05, 0.1) is 5.56 Å². The standard InChI is InChI=1S/C22H22N4O6/c1-13-4-9-18(14(2)10-13)24-22(29)25-20(27)12-31-21(28)16-5-7-17(8-6-16)30-11-19-23-15(3)32-26-19/h4-10H,11-12H2,1-3H3,(H2,24,25,27,29). The zero-order valence-electron chi connectivity index (χ0n) is 17.8. The number of imide groups is 1. The molecule has 0 bridgehead atoms. The monoisotopic (exact) mass is 438 g/mol. The molecule has 166 valence electrons. The molecule has 0 aliphatic heterocycles. The number of anilines is 1. The first kappa shape index (κ1) is 22.5. The lowest BCUT2D eigenvalue weighted by molar-refractivity contribution is -0.123. The van der Waals surface area contributed by atoms with Crippen molar-refractivity contribution < 1.29 is 28.4 Å². The van der Waals surface area contributed by atoms with E-state index < -0.39 is 24.5 Å². The van der Waals surface area contributed by atoms with Gasteiger partial charge >= 0.3 is 12.0 Å². The molecule has 2 N–H and O–H groups in total. The van der Waals surface area contributed by atoms with Crippen molar-refractivity contribution in [3.05, 3.63) is 70.9 Å². The number of esters is 1. The van der Waals surface area contributed by atoms with Crippen LogP contribution in [0.3, 0.4) is 0 Å². The molecule has 3 amide bonds. The summed E-state index contributed by atoms with van der Waals surface area (Å²) in [5.41, 5.74) is 2.71. The lowest BCUT2D eigenvalue weighted by Crippen LogP contribution is -2.37. The van der Waals surface area contributed by atoms with E-state index in [0.717, 1.165) is 11.1 Å². The van der Waals surface area contributed by atoms with Crippen LogP contribution in [0.15, 0.2) is 47.0 Å². The van der Waals surface area contributed by atoms with Crippen molar-refractivity contribution in [2.24, 2.45) is 0 Å². The van der Waals surface area contributed by atoms with Gasteiger partial charge in [0.15, 0.2) is 13.2 Å². The van der Waals surface area contributed by atoms with E-state index in [1.165, 1.54) is 12.1 Å². The Morgan fingerprint density at radius 2 is 1.78 bits per heavy atom. The summed E-state index contributed by atoms with van der Waals surface area (Å²) in [6.45, 7) is 4.97. The van der Waals surface area contributed by atoms with Crippen LogP contribution in [-0.4, -0.2) is 34.7 Å². The van der Waals surface area contributed by atoms with Gasteiger partial charge in [-0.25, -0.2) is 9.59 Å². The smallest absolute Gasteiger partial charge is 0.338 e. The maximum atomic E-state index is 12.1. The van der Waals surface area contributed by atoms with Crippen LogP contribution in [0.1, 0.15) is 33.2 Å². The number of carbonyl (C=O) groups is 3. The van der Waals surface area contributed by atoms with Gasteiger partial charge in [-0.3, -0.25) is 10.1 Å². The number of nitrogens with zero attached hydrogens (tertiary/aromatic N) is 2. The Labute approximate surface area is 183 Å². The number of rotatable bonds is 7. The molecule has 1 heterocycles. The average molecular weight is 438 g/mol. The van der Waals surface area contributed by atoms with Crippen LogP contribution >= 0.6 is 0 Å². The highest BCUT2D eigenvalue weighted by Crippen LogP contribution is 2.16. The minimum atomic E-state index is -0.754. The molecule has 2 aromatic carbocycles. The molecule has 0 aliphatic carbocycles. The maximum absolute atomic E-state index is 12.1. The summed E-state index contributed by atoms with van der Waals surface area (Å²) in [6.07, 6.45) is 0. The molecule has 0 unspecified atom stereocenters. The van der Waals surface area contributed by atoms with Crippen molar-refractivity contribution in [3.8, 4) is 5.75 Å². The van der Waals surface area contributed by atoms with Crippen LogP contribution in [0.4, 0.5) is 10.5 Å². The van der Waals surface area contributed by atoms with Gasteiger partial charge in [-0.2, -0.15) is 4.98 Å². The first-order chi connectivity index (χ1) is 15.3. The van der Waals surface area contributed by atoms with Crippen LogP contribution in [0.2, 0.25) is 0 Å². The van der Waals surface area contributed by atoms with Gasteiger partial charge in [0.2, 0.25) is 11.7 Å². The number of carbonyl (C=O) groups excluding carboxylic acids is 3. The number of urea groups is 1. The quantitative estimate of drug-likeness (QED) is 0.538. The molecule has 0 saturated carbocycles. The van der Waals surface area contributed by atoms with Crippen molar-refractivity contribution in [2.75, 3.05) is 11.9 Å². The average Bonchev–Trinajstić information content (AvgIpc) is 3.18. The highest BCUT2D eigenvalue weighted by atomic mass is 16.5. The number of ether oxygens (including phenoxy) is 2. The zero-order chi connectivity index (χ0) is 23.1. The molecular weight excluding hydrogens is 416 g/mol. The summed E-state index contributed by atoms with van der Waals surface area (Å²) >= 11 is 0. The van der Waals surface area contributed by atoms with E-state index in [2.05, 4.69) is 20.8 Å². The molecule has 10 heteroatoms. The lowest BCUT2D eigenvalue weighted by atomic mass is 10.1. The number of hydrogen-bond acceptors (Lipinski definition) is 8. The van der Waals surface area contributed by atoms with Crippen molar-refractivity contribution in [3.63, 3.8) is 0 Å². The van der Waals surface area contributed by atoms with Crippen LogP contribution in [0, 0.1) is 20.8 Å². The number of hydrogen-bond donors (Lipinski definition) is 2. The van der Waals surface area contributed by atoms with Gasteiger partial charge in [-0.1, -0.05) is 22.9 Å². The van der Waals surface area contributed by atoms with Crippen LogP contribution in [-0.2, 0) is 16.1 Å². The fourth-order valence-electron chi connectivity index (χ4n) is 2.72. The van der Waals surface area contributed by atoms with Crippen LogP contribution in [0.25, 0.3) is 0 Å². The van der Waals surface area contributed by atoms with Crippen molar-refractivity contribution >= 4 is 23.6 Å². The number of aryl methyl sites for hydroxylation is 3. The molecule has 32 heavy (non-hydrogen) atoms. The number of nitrogens with one attached hydrogen (secondary N) is 2. The molecule has 0 aliphatic rings. The normalized spacial score (nSPS) is 10.3. The summed E-state index contributed by atoms with van der Waals surface area (Å²) < 4.78 is 15.3. The van der Waals surface area contributed by atoms with Crippen molar-refractivity contribution in [1.82, 2.24) is 15.5 Å². The van der Waals surface area contributed by atoms with E-state index in [0.29, 0.717) is 23.2 Å². The van der Waals surface area contributed by atoms with E-state index in [-0.39, 0.29) is 12.2 Å². The lowest BCUT2D eigenvalue weighted by Gasteiger charge is -2.10. The number of aromatic nitrogens is 2. The maximum Gasteiger partial charge on any atom is 0.338 e. The predicted octanol–water partition coefficient (Wildman–Crippen LogP) is 3.08. The Balaban J connectivity index is 1.43. The molecule has 1 aromatic heterocycles. The number of amides is 3. The molecule has 3 aromatic rings. The molecule has 0 atom stereocenters. The Kier molecular flexibility index (Phi) is 7.17. The Morgan fingerprint density at radius 3 is 2.44 bits per heavy atom. The SMILES string of the molecule is Cc1ccc(NC(=O)NC(=O)COC(=O)c2ccc(OCc3noc(C)n3)cc2)c(C)c1. The minimum Gasteiger partial charge on any atom is -0.485 e. The minimum absolute atomic E-state index is 0.117.